The van der Waals surface area contributed by atoms with Gasteiger partial charge in [-0.05, 0) is 37.8 Å². The second-order valence-corrected chi connectivity index (χ2v) is 4.01. The van der Waals surface area contributed by atoms with Gasteiger partial charge in [0.1, 0.15) is 11.4 Å². The molecule has 0 aliphatic heterocycles. The third kappa shape index (κ3) is 1.90. The normalized spacial score (nSPS) is 19.5. The van der Waals surface area contributed by atoms with E-state index in [0.29, 0.717) is 6.54 Å². The number of benzene rings is 1. The van der Waals surface area contributed by atoms with Gasteiger partial charge in [-0.2, -0.15) is 0 Å². The molecule has 14 heavy (non-hydrogen) atoms. The molecule has 1 aliphatic carbocycles. The van der Waals surface area contributed by atoms with Crippen molar-refractivity contribution in [3.05, 3.63) is 30.3 Å². The maximum atomic E-state index is 5.99. The summed E-state index contributed by atoms with van der Waals surface area (Å²) in [5, 5.41) is 0. The first-order chi connectivity index (χ1) is 6.85. The number of ether oxygens (including phenoxy) is 1. The number of hydrogen-bond acceptors (Lipinski definition) is 2. The van der Waals surface area contributed by atoms with E-state index in [4.69, 9.17) is 10.5 Å². The van der Waals surface area contributed by atoms with E-state index in [1.165, 1.54) is 12.8 Å². The van der Waals surface area contributed by atoms with Crippen molar-refractivity contribution in [2.45, 2.75) is 31.3 Å². The van der Waals surface area contributed by atoms with E-state index in [-0.39, 0.29) is 5.60 Å². The Kier molecular flexibility index (Phi) is 2.73. The molecule has 1 aliphatic rings. The number of rotatable bonds is 3. The summed E-state index contributed by atoms with van der Waals surface area (Å²) in [5.74, 6) is 0.944. The molecule has 0 saturated heterocycles. The maximum Gasteiger partial charge on any atom is 0.121 e. The lowest BCUT2D eigenvalue weighted by Gasteiger charge is -2.28. The van der Waals surface area contributed by atoms with Crippen molar-refractivity contribution in [2.75, 3.05) is 6.54 Å². The molecule has 0 radical (unpaired) electrons. The van der Waals surface area contributed by atoms with Crippen molar-refractivity contribution in [1.82, 2.24) is 0 Å². The molecule has 2 heteroatoms. The highest BCUT2D eigenvalue weighted by Crippen LogP contribution is 2.33. The third-order valence-electron chi connectivity index (χ3n) is 2.96. The zero-order valence-corrected chi connectivity index (χ0v) is 8.41. The van der Waals surface area contributed by atoms with Crippen LogP contribution >= 0.6 is 0 Å². The van der Waals surface area contributed by atoms with Gasteiger partial charge in [-0.25, -0.2) is 0 Å². The van der Waals surface area contributed by atoms with Gasteiger partial charge >= 0.3 is 0 Å². The Morgan fingerprint density at radius 2 is 1.79 bits per heavy atom. The van der Waals surface area contributed by atoms with Gasteiger partial charge in [0.05, 0.1) is 0 Å². The lowest BCUT2D eigenvalue weighted by atomic mass is 10.0. The van der Waals surface area contributed by atoms with Crippen LogP contribution in [0.1, 0.15) is 25.7 Å². The van der Waals surface area contributed by atoms with Gasteiger partial charge in [0.2, 0.25) is 0 Å². The molecule has 0 unspecified atom stereocenters. The second kappa shape index (κ2) is 4.01. The molecule has 2 N–H and O–H groups in total. The van der Waals surface area contributed by atoms with Gasteiger partial charge in [-0.3, -0.25) is 0 Å². The Balaban J connectivity index is 2.08. The Morgan fingerprint density at radius 1 is 1.14 bits per heavy atom. The molecule has 76 valence electrons. The van der Waals surface area contributed by atoms with E-state index in [1.807, 2.05) is 30.3 Å². The molecule has 1 saturated carbocycles. The van der Waals surface area contributed by atoms with Crippen molar-refractivity contribution in [1.29, 1.82) is 0 Å². The summed E-state index contributed by atoms with van der Waals surface area (Å²) >= 11 is 0. The van der Waals surface area contributed by atoms with E-state index >= 15 is 0 Å². The predicted molar refractivity (Wildman–Crippen MR) is 57.3 cm³/mol. The fourth-order valence-electron chi connectivity index (χ4n) is 2.11. The first-order valence-electron chi connectivity index (χ1n) is 5.29. The summed E-state index contributed by atoms with van der Waals surface area (Å²) in [6.45, 7) is 0.627. The average Bonchev–Trinajstić information content (AvgIpc) is 2.69. The Morgan fingerprint density at radius 3 is 2.36 bits per heavy atom. The van der Waals surface area contributed by atoms with Crippen molar-refractivity contribution in [3.63, 3.8) is 0 Å². The van der Waals surface area contributed by atoms with Gasteiger partial charge in [0.15, 0.2) is 0 Å². The van der Waals surface area contributed by atoms with Crippen molar-refractivity contribution in [2.24, 2.45) is 5.73 Å². The first-order valence-corrected chi connectivity index (χ1v) is 5.29. The summed E-state index contributed by atoms with van der Waals surface area (Å²) < 4.78 is 5.99. The fourth-order valence-corrected chi connectivity index (χ4v) is 2.11. The molecular weight excluding hydrogens is 174 g/mol. The Labute approximate surface area is 85.1 Å². The van der Waals surface area contributed by atoms with Crippen LogP contribution in [-0.2, 0) is 0 Å². The van der Waals surface area contributed by atoms with Gasteiger partial charge in [-0.15, -0.1) is 0 Å². The number of nitrogens with two attached hydrogens (primary N) is 1. The smallest absolute Gasteiger partial charge is 0.121 e. The minimum Gasteiger partial charge on any atom is -0.486 e. The molecule has 0 atom stereocenters. The third-order valence-corrected chi connectivity index (χ3v) is 2.96. The lowest BCUT2D eigenvalue weighted by Crippen LogP contribution is -2.40. The van der Waals surface area contributed by atoms with Gasteiger partial charge in [-0.1, -0.05) is 18.2 Å². The van der Waals surface area contributed by atoms with Crippen molar-refractivity contribution < 1.29 is 4.74 Å². The summed E-state index contributed by atoms with van der Waals surface area (Å²) in [5.41, 5.74) is 5.71. The first kappa shape index (κ1) is 9.53. The summed E-state index contributed by atoms with van der Waals surface area (Å²) in [4.78, 5) is 0. The highest BCUT2D eigenvalue weighted by Gasteiger charge is 2.34. The fraction of sp³-hybridized carbons (Fsp3) is 0.500. The van der Waals surface area contributed by atoms with Gasteiger partial charge in [0, 0.05) is 6.54 Å². The molecular formula is C12H17NO. The molecule has 1 aromatic rings. The highest BCUT2D eigenvalue weighted by molar-refractivity contribution is 5.22. The van der Waals surface area contributed by atoms with E-state index in [9.17, 15) is 0 Å². The van der Waals surface area contributed by atoms with Crippen LogP contribution in [0.4, 0.5) is 0 Å². The molecule has 1 fully saturated rings. The van der Waals surface area contributed by atoms with Crippen molar-refractivity contribution >= 4 is 0 Å². The predicted octanol–water partition coefficient (Wildman–Crippen LogP) is 2.34. The molecule has 0 amide bonds. The molecule has 0 bridgehead atoms. The maximum absolute atomic E-state index is 5.99. The molecule has 0 spiro atoms. The van der Waals surface area contributed by atoms with Crippen molar-refractivity contribution in [3.8, 4) is 5.75 Å². The highest BCUT2D eigenvalue weighted by atomic mass is 16.5. The monoisotopic (exact) mass is 191 g/mol. The zero-order valence-electron chi connectivity index (χ0n) is 8.41. The van der Waals surface area contributed by atoms with Crippen LogP contribution in [-0.4, -0.2) is 12.1 Å². The second-order valence-electron chi connectivity index (χ2n) is 4.01. The minimum absolute atomic E-state index is 0.0820. The van der Waals surface area contributed by atoms with Crippen LogP contribution < -0.4 is 10.5 Å². The van der Waals surface area contributed by atoms with E-state index in [2.05, 4.69) is 0 Å². The zero-order chi connectivity index (χ0) is 9.86. The van der Waals surface area contributed by atoms with E-state index < -0.39 is 0 Å². The summed E-state index contributed by atoms with van der Waals surface area (Å²) in [7, 11) is 0. The molecule has 2 rings (SSSR count). The quantitative estimate of drug-likeness (QED) is 0.795. The largest absolute Gasteiger partial charge is 0.486 e. The number of hydrogen-bond donors (Lipinski definition) is 1. The Hall–Kier alpha value is -1.02. The SMILES string of the molecule is NCC1(Oc2ccccc2)CCCC1. The van der Waals surface area contributed by atoms with Crippen LogP contribution in [0.15, 0.2) is 30.3 Å². The molecule has 2 nitrogen and oxygen atoms in total. The van der Waals surface area contributed by atoms with Crippen LogP contribution in [0.3, 0.4) is 0 Å². The standard InChI is InChI=1S/C12H17NO/c13-10-12(8-4-5-9-12)14-11-6-2-1-3-7-11/h1-3,6-7H,4-5,8-10,13H2. The Bertz CT molecular complexity index is 278. The summed E-state index contributed by atoms with van der Waals surface area (Å²) in [6.07, 6.45) is 4.67. The average molecular weight is 191 g/mol. The topological polar surface area (TPSA) is 35.2 Å². The summed E-state index contributed by atoms with van der Waals surface area (Å²) in [6, 6.07) is 9.98. The van der Waals surface area contributed by atoms with Crippen LogP contribution in [0.5, 0.6) is 5.75 Å². The number of para-hydroxylation sites is 1. The van der Waals surface area contributed by atoms with Crippen LogP contribution in [0, 0.1) is 0 Å². The molecule has 0 aromatic heterocycles. The van der Waals surface area contributed by atoms with E-state index in [1.54, 1.807) is 0 Å². The van der Waals surface area contributed by atoms with E-state index in [0.717, 1.165) is 18.6 Å². The van der Waals surface area contributed by atoms with Crippen LogP contribution in [0.2, 0.25) is 0 Å². The van der Waals surface area contributed by atoms with Gasteiger partial charge in [0.25, 0.3) is 0 Å². The molecule has 0 heterocycles. The minimum atomic E-state index is -0.0820. The molecule has 1 aromatic carbocycles. The van der Waals surface area contributed by atoms with Crippen LogP contribution in [0.25, 0.3) is 0 Å². The lowest BCUT2D eigenvalue weighted by molar-refractivity contribution is 0.0853. The van der Waals surface area contributed by atoms with Gasteiger partial charge < -0.3 is 10.5 Å².